The van der Waals surface area contributed by atoms with Gasteiger partial charge in [-0.2, -0.15) is 4.91 Å². The summed E-state index contributed by atoms with van der Waals surface area (Å²) >= 11 is 0. The monoisotopic (exact) mass is 131 g/mol. The maximum atomic E-state index is 10.2. The maximum absolute atomic E-state index is 10.2. The standard InChI is InChI=1S/C5H8O2.HNO/c1-4(2)5(6)7-3;1-2/h1H2,2-3H3;1H. The largest absolute Gasteiger partial charge is 0.466 e. The zero-order chi connectivity index (χ0) is 7.86. The topological polar surface area (TPSA) is 67.2 Å². The van der Waals surface area contributed by atoms with E-state index in [1.807, 2.05) is 0 Å². The van der Waals surface area contributed by atoms with Crippen molar-refractivity contribution in [1.82, 2.24) is 0 Å². The van der Waals surface area contributed by atoms with Gasteiger partial charge in [-0.05, 0) is 6.92 Å². The van der Waals surface area contributed by atoms with E-state index in [1.54, 1.807) is 6.92 Å². The molecule has 0 unspecified atom stereocenters. The van der Waals surface area contributed by atoms with Crippen molar-refractivity contribution < 1.29 is 9.53 Å². The summed E-state index contributed by atoms with van der Waals surface area (Å²) in [4.78, 5) is 17.7. The highest BCUT2D eigenvalue weighted by Gasteiger charge is 1.95. The Balaban J connectivity index is 0. The van der Waals surface area contributed by atoms with Gasteiger partial charge in [-0.3, -0.25) is 0 Å². The minimum atomic E-state index is -0.347. The molecular formula is C5H9NO3. The number of nitrogens with one attached hydrogen (secondary N) is 1. The number of carbonyl (C=O) groups excluding carboxylic acids is 1. The summed E-state index contributed by atoms with van der Waals surface area (Å²) in [6, 6.07) is 0. The van der Waals surface area contributed by atoms with E-state index in [0.717, 1.165) is 0 Å². The number of esters is 1. The van der Waals surface area contributed by atoms with Crippen LogP contribution in [0.1, 0.15) is 6.92 Å². The molecule has 1 N–H and O–H groups in total. The third-order valence-electron chi connectivity index (χ3n) is 0.534. The van der Waals surface area contributed by atoms with Crippen molar-refractivity contribution in [3.05, 3.63) is 17.1 Å². The van der Waals surface area contributed by atoms with Crippen LogP contribution in [0.3, 0.4) is 0 Å². The first-order valence-electron chi connectivity index (χ1n) is 2.12. The fourth-order valence-corrected chi connectivity index (χ4v) is 0.174. The third kappa shape index (κ3) is 6.81. The van der Waals surface area contributed by atoms with Gasteiger partial charge in [0, 0.05) is 5.57 Å². The Morgan fingerprint density at radius 1 is 1.56 bits per heavy atom. The van der Waals surface area contributed by atoms with Crippen molar-refractivity contribution >= 4 is 5.97 Å². The Kier molecular flexibility index (Phi) is 8.12. The summed E-state index contributed by atoms with van der Waals surface area (Å²) in [5.74, 6) is -0.347. The van der Waals surface area contributed by atoms with Gasteiger partial charge in [0.1, 0.15) is 0 Å². The number of nitroso groups, excluding NO2 is 1. The average molecular weight is 131 g/mol. The number of carbonyl (C=O) groups is 1. The summed E-state index contributed by atoms with van der Waals surface area (Å²) in [6.07, 6.45) is 0. The highest BCUT2D eigenvalue weighted by molar-refractivity contribution is 5.86. The second-order valence-corrected chi connectivity index (χ2v) is 1.27. The quantitative estimate of drug-likeness (QED) is 0.328. The molecule has 0 atom stereocenters. The SMILES string of the molecule is C=C(C)C(=O)OC.N=O. The summed E-state index contributed by atoms with van der Waals surface area (Å²) in [5.41, 5.74) is 4.93. The van der Waals surface area contributed by atoms with Gasteiger partial charge in [0.05, 0.1) is 7.11 Å². The van der Waals surface area contributed by atoms with E-state index in [1.165, 1.54) is 7.11 Å². The fraction of sp³-hybridized carbons (Fsp3) is 0.400. The fourth-order valence-electron chi connectivity index (χ4n) is 0.174. The van der Waals surface area contributed by atoms with Crippen molar-refractivity contribution in [1.29, 1.82) is 5.59 Å². The third-order valence-corrected chi connectivity index (χ3v) is 0.534. The molecule has 0 saturated carbocycles. The molecule has 0 spiro atoms. The molecular weight excluding hydrogens is 122 g/mol. The molecule has 0 aromatic heterocycles. The maximum Gasteiger partial charge on any atom is 0.332 e. The molecule has 0 aliphatic carbocycles. The van der Waals surface area contributed by atoms with Gasteiger partial charge in [0.15, 0.2) is 0 Å². The van der Waals surface area contributed by atoms with E-state index < -0.39 is 0 Å². The number of hydrogen-bond acceptors (Lipinski definition) is 4. The van der Waals surface area contributed by atoms with Crippen molar-refractivity contribution in [2.75, 3.05) is 7.11 Å². The first-order valence-corrected chi connectivity index (χ1v) is 2.12. The van der Waals surface area contributed by atoms with Crippen LogP contribution >= 0.6 is 0 Å². The Hall–Kier alpha value is -1.19. The van der Waals surface area contributed by atoms with Crippen LogP contribution in [-0.4, -0.2) is 13.1 Å². The molecule has 0 aromatic rings. The Labute approximate surface area is 53.3 Å². The van der Waals surface area contributed by atoms with Gasteiger partial charge in [-0.15, -0.1) is 0 Å². The van der Waals surface area contributed by atoms with E-state index in [0.29, 0.717) is 5.57 Å². The Morgan fingerprint density at radius 2 is 1.89 bits per heavy atom. The lowest BCUT2D eigenvalue weighted by Gasteiger charge is -1.91. The van der Waals surface area contributed by atoms with Gasteiger partial charge in [-0.1, -0.05) is 12.2 Å². The Morgan fingerprint density at radius 3 is 1.89 bits per heavy atom. The van der Waals surface area contributed by atoms with Crippen LogP contribution in [0.25, 0.3) is 0 Å². The molecule has 0 rings (SSSR count). The van der Waals surface area contributed by atoms with Crippen molar-refractivity contribution in [2.24, 2.45) is 0 Å². The summed E-state index contributed by atoms with van der Waals surface area (Å²) < 4.78 is 4.27. The lowest BCUT2D eigenvalue weighted by atomic mass is 10.4. The predicted octanol–water partition coefficient (Wildman–Crippen LogP) is 1.07. The van der Waals surface area contributed by atoms with Crippen molar-refractivity contribution in [3.8, 4) is 0 Å². The molecule has 4 nitrogen and oxygen atoms in total. The second kappa shape index (κ2) is 6.81. The zero-order valence-electron chi connectivity index (χ0n) is 5.43. The van der Waals surface area contributed by atoms with Crippen LogP contribution in [0, 0.1) is 10.5 Å². The molecule has 0 heterocycles. The predicted molar refractivity (Wildman–Crippen MR) is 32.9 cm³/mol. The van der Waals surface area contributed by atoms with Gasteiger partial charge >= 0.3 is 5.97 Å². The summed E-state index contributed by atoms with van der Waals surface area (Å²) in [5, 5.41) is 0. The average Bonchev–Trinajstić information content (AvgIpc) is 1.91. The number of hydrogen-bond donors (Lipinski definition) is 1. The van der Waals surface area contributed by atoms with E-state index in [9.17, 15) is 4.79 Å². The Bertz CT molecular complexity index is 111. The van der Waals surface area contributed by atoms with Crippen LogP contribution in [0.5, 0.6) is 0 Å². The minimum absolute atomic E-state index is 0.347. The van der Waals surface area contributed by atoms with Gasteiger partial charge < -0.3 is 4.74 Å². The molecule has 52 valence electrons. The van der Waals surface area contributed by atoms with E-state index in [4.69, 9.17) is 4.91 Å². The molecule has 0 amide bonds. The number of rotatable bonds is 1. The minimum Gasteiger partial charge on any atom is -0.466 e. The lowest BCUT2D eigenvalue weighted by molar-refractivity contribution is -0.136. The van der Waals surface area contributed by atoms with E-state index >= 15 is 0 Å². The van der Waals surface area contributed by atoms with Gasteiger partial charge in [-0.25, -0.2) is 4.79 Å². The van der Waals surface area contributed by atoms with Gasteiger partial charge in [0.2, 0.25) is 0 Å². The molecule has 0 aromatic carbocycles. The molecule has 0 saturated heterocycles. The molecule has 0 radical (unpaired) electrons. The van der Waals surface area contributed by atoms with Crippen LogP contribution in [0.2, 0.25) is 0 Å². The summed E-state index contributed by atoms with van der Waals surface area (Å²) in [6.45, 7) is 4.95. The van der Waals surface area contributed by atoms with Crippen molar-refractivity contribution in [3.63, 3.8) is 0 Å². The normalized spacial score (nSPS) is 6.44. The number of methoxy groups -OCH3 is 1. The van der Waals surface area contributed by atoms with Crippen LogP contribution in [-0.2, 0) is 9.53 Å². The highest BCUT2D eigenvalue weighted by Crippen LogP contribution is 1.87. The molecule has 0 bridgehead atoms. The van der Waals surface area contributed by atoms with Crippen molar-refractivity contribution in [2.45, 2.75) is 6.92 Å². The van der Waals surface area contributed by atoms with E-state index in [-0.39, 0.29) is 5.97 Å². The van der Waals surface area contributed by atoms with Crippen LogP contribution in [0.4, 0.5) is 0 Å². The highest BCUT2D eigenvalue weighted by atomic mass is 16.5. The van der Waals surface area contributed by atoms with Crippen LogP contribution in [0.15, 0.2) is 12.2 Å². The smallest absolute Gasteiger partial charge is 0.332 e. The molecule has 4 heteroatoms. The molecule has 0 fully saturated rings. The zero-order valence-corrected chi connectivity index (χ0v) is 5.43. The molecule has 0 aliphatic rings. The number of ether oxygens (including phenoxy) is 1. The van der Waals surface area contributed by atoms with Gasteiger partial charge in [0.25, 0.3) is 0 Å². The first-order chi connectivity index (χ1) is 4.18. The lowest BCUT2D eigenvalue weighted by Crippen LogP contribution is -1.98. The second-order valence-electron chi connectivity index (χ2n) is 1.27. The van der Waals surface area contributed by atoms with E-state index in [2.05, 4.69) is 16.9 Å². The molecule has 0 aliphatic heterocycles. The van der Waals surface area contributed by atoms with Crippen LogP contribution < -0.4 is 0 Å². The molecule has 9 heavy (non-hydrogen) atoms. The first kappa shape index (κ1) is 10.7. The summed E-state index contributed by atoms with van der Waals surface area (Å²) in [7, 11) is 1.33.